The fraction of sp³-hybridized carbons (Fsp3) is 0.409. The number of ether oxygens (including phenoxy) is 1. The predicted octanol–water partition coefficient (Wildman–Crippen LogP) is 2.18. The molecular formula is C22H30N6O3. The van der Waals surface area contributed by atoms with Crippen molar-refractivity contribution >= 4 is 5.96 Å². The molecule has 0 saturated carbocycles. The molecule has 0 fully saturated rings. The van der Waals surface area contributed by atoms with Crippen molar-refractivity contribution in [2.24, 2.45) is 12.0 Å². The Morgan fingerprint density at radius 2 is 1.90 bits per heavy atom. The van der Waals surface area contributed by atoms with Gasteiger partial charge in [-0.05, 0) is 50.6 Å². The molecule has 1 atom stereocenters. The molecule has 0 aliphatic carbocycles. The second kappa shape index (κ2) is 9.65. The molecule has 0 aliphatic rings. The van der Waals surface area contributed by atoms with E-state index in [9.17, 15) is 5.11 Å². The Hall–Kier alpha value is -3.33. The number of furan rings is 1. The van der Waals surface area contributed by atoms with Crippen LogP contribution in [0.15, 0.2) is 45.8 Å². The van der Waals surface area contributed by atoms with Crippen LogP contribution in [0.3, 0.4) is 0 Å². The molecule has 9 heteroatoms. The molecule has 9 nitrogen and oxygen atoms in total. The normalized spacial score (nSPS) is 13.7. The number of aliphatic hydroxyl groups is 1. The quantitative estimate of drug-likeness (QED) is 0.374. The smallest absolute Gasteiger partial charge is 0.192 e. The van der Waals surface area contributed by atoms with E-state index < -0.39 is 5.60 Å². The highest BCUT2D eigenvalue weighted by Crippen LogP contribution is 2.22. The van der Waals surface area contributed by atoms with Crippen molar-refractivity contribution in [1.82, 2.24) is 25.4 Å². The maximum absolute atomic E-state index is 10.8. The van der Waals surface area contributed by atoms with Crippen LogP contribution in [0.4, 0.5) is 0 Å². The Kier molecular flexibility index (Phi) is 6.96. The Labute approximate surface area is 182 Å². The molecule has 31 heavy (non-hydrogen) atoms. The van der Waals surface area contributed by atoms with Crippen molar-refractivity contribution in [3.05, 3.63) is 65.1 Å². The van der Waals surface area contributed by atoms with Crippen LogP contribution in [0.25, 0.3) is 0 Å². The number of nitrogens with zero attached hydrogens (tertiary/aromatic N) is 4. The van der Waals surface area contributed by atoms with Gasteiger partial charge in [0.15, 0.2) is 11.8 Å². The predicted molar refractivity (Wildman–Crippen MR) is 118 cm³/mol. The van der Waals surface area contributed by atoms with Crippen molar-refractivity contribution < 1.29 is 14.3 Å². The van der Waals surface area contributed by atoms with Gasteiger partial charge in [0.25, 0.3) is 0 Å². The van der Waals surface area contributed by atoms with Gasteiger partial charge < -0.3 is 29.5 Å². The van der Waals surface area contributed by atoms with Gasteiger partial charge in [0.2, 0.25) is 0 Å². The number of aryl methyl sites for hydroxylation is 2. The molecular weight excluding hydrogens is 396 g/mol. The average molecular weight is 427 g/mol. The number of aliphatic imine (C=N–C) groups is 1. The van der Waals surface area contributed by atoms with Crippen molar-refractivity contribution in [2.45, 2.75) is 39.5 Å². The summed E-state index contributed by atoms with van der Waals surface area (Å²) in [6.45, 7) is 6.56. The monoisotopic (exact) mass is 426 g/mol. The zero-order chi connectivity index (χ0) is 22.4. The number of benzene rings is 1. The topological polar surface area (TPSA) is 110 Å². The summed E-state index contributed by atoms with van der Waals surface area (Å²) in [5.74, 6) is 4.20. The molecule has 0 saturated heterocycles. The van der Waals surface area contributed by atoms with Gasteiger partial charge in [-0.3, -0.25) is 0 Å². The SMILES string of the molecule is COc1ccc(CN=C(NCc2nnc(C)n2C)NCC(C)(O)c2ccc(C)o2)cc1. The first-order valence-corrected chi connectivity index (χ1v) is 10.1. The molecule has 1 unspecified atom stereocenters. The zero-order valence-electron chi connectivity index (χ0n) is 18.6. The van der Waals surface area contributed by atoms with Crippen LogP contribution in [0.5, 0.6) is 5.75 Å². The van der Waals surface area contributed by atoms with E-state index in [0.717, 1.165) is 28.7 Å². The number of methoxy groups -OCH3 is 1. The molecule has 0 radical (unpaired) electrons. The summed E-state index contributed by atoms with van der Waals surface area (Å²) < 4.78 is 12.7. The number of nitrogens with one attached hydrogen (secondary N) is 2. The van der Waals surface area contributed by atoms with E-state index >= 15 is 0 Å². The standard InChI is InChI=1S/C22H30N6O3/c1-15-6-11-19(31-15)22(3,29)14-25-21(24-13-20-27-26-16(2)28(20)4)23-12-17-7-9-18(30-5)10-8-17/h6-11,29H,12-14H2,1-5H3,(H2,23,24,25). The third kappa shape index (κ3) is 5.85. The minimum absolute atomic E-state index is 0.215. The fourth-order valence-corrected chi connectivity index (χ4v) is 2.91. The molecule has 2 aromatic heterocycles. The van der Waals surface area contributed by atoms with Gasteiger partial charge in [0.05, 0.1) is 26.7 Å². The molecule has 1 aromatic carbocycles. The maximum atomic E-state index is 10.8. The van der Waals surface area contributed by atoms with Crippen molar-refractivity contribution in [3.63, 3.8) is 0 Å². The molecule has 0 spiro atoms. The summed E-state index contributed by atoms with van der Waals surface area (Å²) in [4.78, 5) is 4.66. The maximum Gasteiger partial charge on any atom is 0.192 e. The lowest BCUT2D eigenvalue weighted by Gasteiger charge is -2.23. The molecule has 2 heterocycles. The summed E-state index contributed by atoms with van der Waals surface area (Å²) in [7, 11) is 3.55. The number of hydrogen-bond acceptors (Lipinski definition) is 6. The lowest BCUT2D eigenvalue weighted by atomic mass is 10.0. The van der Waals surface area contributed by atoms with Crippen LogP contribution in [0.2, 0.25) is 0 Å². The van der Waals surface area contributed by atoms with Crippen LogP contribution in [0, 0.1) is 13.8 Å². The summed E-state index contributed by atoms with van der Waals surface area (Å²) in [5, 5.41) is 25.6. The minimum atomic E-state index is -1.20. The fourth-order valence-electron chi connectivity index (χ4n) is 2.91. The lowest BCUT2D eigenvalue weighted by molar-refractivity contribution is 0.0377. The molecule has 0 aliphatic heterocycles. The highest BCUT2D eigenvalue weighted by atomic mass is 16.5. The van der Waals surface area contributed by atoms with Crippen LogP contribution in [0.1, 0.15) is 35.7 Å². The second-order valence-electron chi connectivity index (χ2n) is 7.63. The summed E-state index contributed by atoms with van der Waals surface area (Å²) in [5.41, 5.74) is -0.164. The first-order chi connectivity index (χ1) is 14.8. The Morgan fingerprint density at radius 3 is 2.48 bits per heavy atom. The van der Waals surface area contributed by atoms with Crippen LogP contribution in [-0.4, -0.2) is 39.5 Å². The largest absolute Gasteiger partial charge is 0.497 e. The third-order valence-corrected chi connectivity index (χ3v) is 5.05. The van der Waals surface area contributed by atoms with E-state index in [1.807, 2.05) is 55.8 Å². The van der Waals surface area contributed by atoms with Gasteiger partial charge in [0, 0.05) is 7.05 Å². The highest BCUT2D eigenvalue weighted by molar-refractivity contribution is 5.79. The molecule has 0 bridgehead atoms. The van der Waals surface area contributed by atoms with Crippen molar-refractivity contribution in [3.8, 4) is 5.75 Å². The van der Waals surface area contributed by atoms with E-state index in [2.05, 4.69) is 25.8 Å². The first kappa shape index (κ1) is 22.4. The van der Waals surface area contributed by atoms with Gasteiger partial charge in [-0.2, -0.15) is 0 Å². The number of hydrogen-bond donors (Lipinski definition) is 3. The lowest BCUT2D eigenvalue weighted by Crippen LogP contribution is -2.44. The van der Waals surface area contributed by atoms with Gasteiger partial charge in [-0.15, -0.1) is 10.2 Å². The first-order valence-electron chi connectivity index (χ1n) is 10.1. The second-order valence-corrected chi connectivity index (χ2v) is 7.63. The molecule has 0 amide bonds. The van der Waals surface area contributed by atoms with Gasteiger partial charge >= 0.3 is 0 Å². The Balaban J connectivity index is 1.71. The molecule has 3 rings (SSSR count). The summed E-state index contributed by atoms with van der Waals surface area (Å²) in [6, 6.07) is 11.3. The highest BCUT2D eigenvalue weighted by Gasteiger charge is 2.27. The Morgan fingerprint density at radius 1 is 1.16 bits per heavy atom. The summed E-state index contributed by atoms with van der Waals surface area (Å²) >= 11 is 0. The van der Waals surface area contributed by atoms with Gasteiger partial charge in [0.1, 0.15) is 28.7 Å². The van der Waals surface area contributed by atoms with Crippen molar-refractivity contribution in [1.29, 1.82) is 0 Å². The summed E-state index contributed by atoms with van der Waals surface area (Å²) in [6.07, 6.45) is 0. The van der Waals surface area contributed by atoms with E-state index in [0.29, 0.717) is 24.8 Å². The molecule has 3 aromatic rings. The van der Waals surface area contributed by atoms with E-state index in [4.69, 9.17) is 9.15 Å². The van der Waals surface area contributed by atoms with Gasteiger partial charge in [-0.1, -0.05) is 12.1 Å². The minimum Gasteiger partial charge on any atom is -0.497 e. The molecule has 166 valence electrons. The number of aromatic nitrogens is 3. The van der Waals surface area contributed by atoms with E-state index in [1.54, 1.807) is 20.1 Å². The Bertz CT molecular complexity index is 1020. The van der Waals surface area contributed by atoms with Crippen LogP contribution >= 0.6 is 0 Å². The van der Waals surface area contributed by atoms with E-state index in [1.165, 1.54) is 0 Å². The van der Waals surface area contributed by atoms with Crippen molar-refractivity contribution in [2.75, 3.05) is 13.7 Å². The van der Waals surface area contributed by atoms with E-state index in [-0.39, 0.29) is 6.54 Å². The van der Waals surface area contributed by atoms with Crippen LogP contribution in [-0.2, 0) is 25.7 Å². The third-order valence-electron chi connectivity index (χ3n) is 5.05. The molecule has 3 N–H and O–H groups in total. The average Bonchev–Trinajstić information content (AvgIpc) is 3.34. The van der Waals surface area contributed by atoms with Crippen LogP contribution < -0.4 is 15.4 Å². The number of rotatable bonds is 8. The zero-order valence-corrected chi connectivity index (χ0v) is 18.6. The number of guanidine groups is 1. The van der Waals surface area contributed by atoms with Gasteiger partial charge in [-0.25, -0.2) is 4.99 Å².